The average Bonchev–Trinajstić information content (AvgIpc) is 2.48. The molecule has 20 heavy (non-hydrogen) atoms. The summed E-state index contributed by atoms with van der Waals surface area (Å²) in [5, 5.41) is 11.7. The number of nitrogens with two attached hydrogens (primary N) is 1. The molecular weight excluding hydrogens is 254 g/mol. The Morgan fingerprint density at radius 1 is 1.30 bits per heavy atom. The highest BCUT2D eigenvalue weighted by atomic mass is 16.5. The van der Waals surface area contributed by atoms with Crippen molar-refractivity contribution < 1.29 is 9.53 Å². The number of benzene rings is 2. The summed E-state index contributed by atoms with van der Waals surface area (Å²) in [6.45, 7) is 0. The summed E-state index contributed by atoms with van der Waals surface area (Å²) in [4.78, 5) is 12.2. The second kappa shape index (κ2) is 5.76. The zero-order chi connectivity index (χ0) is 14.5. The average molecular weight is 267 g/mol. The van der Waals surface area contributed by atoms with Crippen molar-refractivity contribution in [3.8, 4) is 11.8 Å². The molecule has 5 nitrogen and oxygen atoms in total. The van der Waals surface area contributed by atoms with Crippen molar-refractivity contribution in [2.24, 2.45) is 0 Å². The lowest BCUT2D eigenvalue weighted by Crippen LogP contribution is -2.14. The topological polar surface area (TPSA) is 88.1 Å². The molecule has 0 aliphatic carbocycles. The van der Waals surface area contributed by atoms with Gasteiger partial charge in [-0.2, -0.15) is 5.26 Å². The van der Waals surface area contributed by atoms with Crippen molar-refractivity contribution in [3.63, 3.8) is 0 Å². The number of nitrogens with zero attached hydrogens (tertiary/aromatic N) is 1. The summed E-state index contributed by atoms with van der Waals surface area (Å²) in [6.07, 6.45) is 0. The number of amides is 1. The van der Waals surface area contributed by atoms with Gasteiger partial charge in [0.15, 0.2) is 0 Å². The van der Waals surface area contributed by atoms with Crippen molar-refractivity contribution in [2.45, 2.75) is 0 Å². The minimum absolute atomic E-state index is 0.313. The van der Waals surface area contributed by atoms with Gasteiger partial charge < -0.3 is 15.8 Å². The first kappa shape index (κ1) is 13.4. The predicted molar refractivity (Wildman–Crippen MR) is 76.5 cm³/mol. The van der Waals surface area contributed by atoms with Gasteiger partial charge in [-0.1, -0.05) is 12.1 Å². The van der Waals surface area contributed by atoms with Crippen LogP contribution in [0.25, 0.3) is 0 Å². The molecule has 0 bridgehead atoms. The fraction of sp³-hybridized carbons (Fsp3) is 0.0667. The molecular formula is C15H13N3O2. The number of ether oxygens (including phenoxy) is 1. The van der Waals surface area contributed by atoms with Gasteiger partial charge in [-0.05, 0) is 30.3 Å². The van der Waals surface area contributed by atoms with Gasteiger partial charge >= 0.3 is 0 Å². The molecule has 2 rings (SSSR count). The third kappa shape index (κ3) is 2.70. The molecule has 0 spiro atoms. The summed E-state index contributed by atoms with van der Waals surface area (Å²) in [6, 6.07) is 13.6. The van der Waals surface area contributed by atoms with Crippen LogP contribution in [0.15, 0.2) is 42.5 Å². The van der Waals surface area contributed by atoms with Crippen molar-refractivity contribution >= 4 is 17.3 Å². The Labute approximate surface area is 116 Å². The van der Waals surface area contributed by atoms with Gasteiger partial charge in [0.25, 0.3) is 5.91 Å². The van der Waals surface area contributed by atoms with Crippen LogP contribution in [0, 0.1) is 11.3 Å². The first-order valence-corrected chi connectivity index (χ1v) is 5.89. The first-order valence-electron chi connectivity index (χ1n) is 5.89. The van der Waals surface area contributed by atoms with Crippen molar-refractivity contribution in [2.75, 3.05) is 18.2 Å². The Balaban J connectivity index is 2.31. The van der Waals surface area contributed by atoms with E-state index in [1.165, 1.54) is 13.2 Å². The molecule has 0 saturated heterocycles. The SMILES string of the molecule is COc1ccccc1C(=O)Nc1ccc(N)cc1C#N. The molecule has 0 heterocycles. The molecule has 0 aliphatic heterocycles. The van der Waals surface area contributed by atoms with Crippen LogP contribution in [0.3, 0.4) is 0 Å². The highest BCUT2D eigenvalue weighted by Gasteiger charge is 2.13. The molecule has 0 fully saturated rings. The summed E-state index contributed by atoms with van der Waals surface area (Å²) >= 11 is 0. The quantitative estimate of drug-likeness (QED) is 0.836. The molecule has 0 aliphatic rings. The van der Waals surface area contributed by atoms with E-state index in [1.54, 1.807) is 36.4 Å². The van der Waals surface area contributed by atoms with Crippen molar-refractivity contribution in [1.82, 2.24) is 0 Å². The molecule has 2 aromatic carbocycles. The highest BCUT2D eigenvalue weighted by Crippen LogP contribution is 2.22. The fourth-order valence-corrected chi connectivity index (χ4v) is 1.79. The number of para-hydroxylation sites is 1. The van der Waals surface area contributed by atoms with Gasteiger partial charge in [0.05, 0.1) is 23.9 Å². The number of carbonyl (C=O) groups is 1. The number of anilines is 2. The molecule has 2 aromatic rings. The lowest BCUT2D eigenvalue weighted by molar-refractivity contribution is 0.102. The Hall–Kier alpha value is -3.00. The van der Waals surface area contributed by atoms with Crippen molar-refractivity contribution in [3.05, 3.63) is 53.6 Å². The molecule has 0 unspecified atom stereocenters. The monoisotopic (exact) mass is 267 g/mol. The second-order valence-corrected chi connectivity index (χ2v) is 4.07. The third-order valence-corrected chi connectivity index (χ3v) is 2.76. The van der Waals surface area contributed by atoms with E-state index in [9.17, 15) is 4.79 Å². The molecule has 0 saturated carbocycles. The Morgan fingerprint density at radius 3 is 2.75 bits per heavy atom. The van der Waals surface area contributed by atoms with E-state index in [1.807, 2.05) is 6.07 Å². The second-order valence-electron chi connectivity index (χ2n) is 4.07. The minimum atomic E-state index is -0.344. The summed E-state index contributed by atoms with van der Waals surface area (Å²) in [7, 11) is 1.50. The fourth-order valence-electron chi connectivity index (χ4n) is 1.79. The van der Waals surface area contributed by atoms with E-state index in [0.29, 0.717) is 28.3 Å². The number of hydrogen-bond donors (Lipinski definition) is 2. The minimum Gasteiger partial charge on any atom is -0.496 e. The first-order chi connectivity index (χ1) is 9.65. The molecule has 5 heteroatoms. The van der Waals surface area contributed by atoms with Gasteiger partial charge in [0.2, 0.25) is 0 Å². The maximum atomic E-state index is 12.2. The van der Waals surface area contributed by atoms with E-state index in [2.05, 4.69) is 5.32 Å². The van der Waals surface area contributed by atoms with Crippen LogP contribution in [-0.4, -0.2) is 13.0 Å². The highest BCUT2D eigenvalue weighted by molar-refractivity contribution is 6.06. The largest absolute Gasteiger partial charge is 0.496 e. The van der Waals surface area contributed by atoms with Crippen LogP contribution < -0.4 is 15.8 Å². The molecule has 0 atom stereocenters. The molecule has 0 aromatic heterocycles. The summed E-state index contributed by atoms with van der Waals surface area (Å²) < 4.78 is 5.13. The van der Waals surface area contributed by atoms with Crippen LogP contribution in [-0.2, 0) is 0 Å². The van der Waals surface area contributed by atoms with Crippen LogP contribution in [0.4, 0.5) is 11.4 Å². The molecule has 3 N–H and O–H groups in total. The molecule has 0 radical (unpaired) electrons. The van der Waals surface area contributed by atoms with Gasteiger partial charge in [0, 0.05) is 5.69 Å². The standard InChI is InChI=1S/C15H13N3O2/c1-20-14-5-3-2-4-12(14)15(19)18-13-7-6-11(17)8-10(13)9-16/h2-8H,17H2,1H3,(H,18,19). The van der Waals surface area contributed by atoms with Gasteiger partial charge in [-0.15, -0.1) is 0 Å². The summed E-state index contributed by atoms with van der Waals surface area (Å²) in [5.41, 5.74) is 7.20. The van der Waals surface area contributed by atoms with Crippen LogP contribution in [0.5, 0.6) is 5.75 Å². The predicted octanol–water partition coefficient (Wildman–Crippen LogP) is 2.40. The van der Waals surface area contributed by atoms with Gasteiger partial charge in [0.1, 0.15) is 11.8 Å². The van der Waals surface area contributed by atoms with Crippen molar-refractivity contribution in [1.29, 1.82) is 5.26 Å². The number of nitrogens with one attached hydrogen (secondary N) is 1. The number of carbonyl (C=O) groups excluding carboxylic acids is 1. The normalized spacial score (nSPS) is 9.60. The third-order valence-electron chi connectivity index (χ3n) is 2.76. The maximum absolute atomic E-state index is 12.2. The van der Waals surface area contributed by atoms with Gasteiger partial charge in [-0.3, -0.25) is 4.79 Å². The lowest BCUT2D eigenvalue weighted by atomic mass is 10.1. The number of nitriles is 1. The number of methoxy groups -OCH3 is 1. The zero-order valence-electron chi connectivity index (χ0n) is 10.9. The van der Waals surface area contributed by atoms with E-state index in [-0.39, 0.29) is 5.91 Å². The maximum Gasteiger partial charge on any atom is 0.259 e. The van der Waals surface area contributed by atoms with Crippen LogP contribution in [0.2, 0.25) is 0 Å². The Kier molecular flexibility index (Phi) is 3.87. The van der Waals surface area contributed by atoms with E-state index >= 15 is 0 Å². The summed E-state index contributed by atoms with van der Waals surface area (Å²) in [5.74, 6) is 0.127. The van der Waals surface area contributed by atoms with E-state index in [0.717, 1.165) is 0 Å². The van der Waals surface area contributed by atoms with E-state index < -0.39 is 0 Å². The van der Waals surface area contributed by atoms with Crippen LogP contribution >= 0.6 is 0 Å². The number of nitrogen functional groups attached to an aromatic ring is 1. The van der Waals surface area contributed by atoms with E-state index in [4.69, 9.17) is 15.7 Å². The lowest BCUT2D eigenvalue weighted by Gasteiger charge is -2.10. The smallest absolute Gasteiger partial charge is 0.259 e. The van der Waals surface area contributed by atoms with Gasteiger partial charge in [-0.25, -0.2) is 0 Å². The molecule has 1 amide bonds. The Bertz CT molecular complexity index is 690. The zero-order valence-corrected chi connectivity index (χ0v) is 10.9. The van der Waals surface area contributed by atoms with Crippen LogP contribution in [0.1, 0.15) is 15.9 Å². The number of rotatable bonds is 3. The molecule has 100 valence electrons. The Morgan fingerprint density at radius 2 is 2.05 bits per heavy atom. The number of hydrogen-bond acceptors (Lipinski definition) is 4.